The molecule has 2 aliphatic rings. The van der Waals surface area contributed by atoms with Crippen LogP contribution in [0.3, 0.4) is 0 Å². The number of benzene rings is 1. The van der Waals surface area contributed by atoms with E-state index in [0.717, 1.165) is 30.5 Å². The Kier molecular flexibility index (Phi) is 8.49. The van der Waals surface area contributed by atoms with Gasteiger partial charge in [0.2, 0.25) is 0 Å². The Morgan fingerprint density at radius 3 is 2.52 bits per heavy atom. The van der Waals surface area contributed by atoms with E-state index < -0.39 is 12.0 Å². The van der Waals surface area contributed by atoms with E-state index in [0.29, 0.717) is 37.5 Å². The summed E-state index contributed by atoms with van der Waals surface area (Å²) in [6, 6.07) is 6.88. The first-order chi connectivity index (χ1) is 15.9. The topological polar surface area (TPSA) is 88.2 Å². The normalized spacial score (nSPS) is 21.6. The molecule has 33 heavy (non-hydrogen) atoms. The van der Waals surface area contributed by atoms with Crippen LogP contribution in [0.5, 0.6) is 0 Å². The highest BCUT2D eigenvalue weighted by molar-refractivity contribution is 5.95. The van der Waals surface area contributed by atoms with Gasteiger partial charge in [-0.3, -0.25) is 14.6 Å². The number of carbonyl (C=O) groups is 3. The van der Waals surface area contributed by atoms with Crippen molar-refractivity contribution in [1.29, 1.82) is 0 Å². The molecule has 2 atom stereocenters. The highest BCUT2D eigenvalue weighted by atomic mass is 16.5. The molecule has 0 bridgehead atoms. The van der Waals surface area contributed by atoms with Gasteiger partial charge in [0.1, 0.15) is 0 Å². The predicted octanol–water partition coefficient (Wildman–Crippen LogP) is 3.17. The Balaban J connectivity index is 2.02. The van der Waals surface area contributed by atoms with Crippen LogP contribution in [0.1, 0.15) is 50.8 Å². The van der Waals surface area contributed by atoms with Crippen LogP contribution in [0.2, 0.25) is 0 Å². The van der Waals surface area contributed by atoms with Crippen LogP contribution in [0.25, 0.3) is 0 Å². The van der Waals surface area contributed by atoms with Crippen LogP contribution in [0.4, 0.5) is 4.79 Å². The van der Waals surface area contributed by atoms with Gasteiger partial charge in [-0.1, -0.05) is 24.3 Å². The van der Waals surface area contributed by atoms with Crippen molar-refractivity contribution in [3.05, 3.63) is 46.7 Å². The van der Waals surface area contributed by atoms with Crippen molar-refractivity contribution >= 4 is 18.0 Å². The summed E-state index contributed by atoms with van der Waals surface area (Å²) in [4.78, 5) is 42.4. The molecule has 3 rings (SSSR count). The van der Waals surface area contributed by atoms with E-state index >= 15 is 0 Å². The third-order valence-corrected chi connectivity index (χ3v) is 6.25. The number of esters is 2. The minimum atomic E-state index is -0.596. The molecule has 1 aromatic rings. The largest absolute Gasteiger partial charge is 0.466 e. The monoisotopic (exact) mass is 457 g/mol. The van der Waals surface area contributed by atoms with E-state index in [4.69, 9.17) is 9.47 Å². The first-order valence-corrected chi connectivity index (χ1v) is 11.8. The third-order valence-electron chi connectivity index (χ3n) is 6.25. The molecule has 8 heteroatoms. The van der Waals surface area contributed by atoms with Crippen molar-refractivity contribution in [3.63, 3.8) is 0 Å². The second kappa shape index (κ2) is 11.3. The molecule has 1 N–H and O–H groups in total. The highest BCUT2D eigenvalue weighted by Gasteiger charge is 2.39. The number of hydrogen-bond acceptors (Lipinski definition) is 6. The van der Waals surface area contributed by atoms with Gasteiger partial charge in [0, 0.05) is 25.3 Å². The molecule has 1 aromatic carbocycles. The molecule has 0 unspecified atom stereocenters. The number of likely N-dealkylation sites (tertiary alicyclic amines) is 1. The van der Waals surface area contributed by atoms with Gasteiger partial charge in [-0.25, -0.2) is 9.59 Å². The van der Waals surface area contributed by atoms with E-state index in [1.807, 2.05) is 38.1 Å². The van der Waals surface area contributed by atoms with Gasteiger partial charge in [0.15, 0.2) is 0 Å². The lowest BCUT2D eigenvalue weighted by atomic mass is 9.91. The summed E-state index contributed by atoms with van der Waals surface area (Å²) >= 11 is 0. The summed E-state index contributed by atoms with van der Waals surface area (Å²) in [6.07, 6.45) is 1.63. The smallest absolute Gasteiger partial charge is 0.338 e. The zero-order chi connectivity index (χ0) is 24.0. The minimum Gasteiger partial charge on any atom is -0.466 e. The number of piperidine rings is 1. The summed E-state index contributed by atoms with van der Waals surface area (Å²) in [5, 5.41) is 3.01. The highest BCUT2D eigenvalue weighted by Crippen LogP contribution is 2.34. The average Bonchev–Trinajstić information content (AvgIpc) is 2.79. The van der Waals surface area contributed by atoms with Crippen molar-refractivity contribution in [2.75, 3.05) is 39.4 Å². The molecule has 0 aliphatic carbocycles. The number of amides is 2. The number of ether oxygens (including phenoxy) is 2. The van der Waals surface area contributed by atoms with Crippen molar-refractivity contribution in [2.45, 2.75) is 46.6 Å². The van der Waals surface area contributed by atoms with Crippen LogP contribution >= 0.6 is 0 Å². The Morgan fingerprint density at radius 2 is 1.85 bits per heavy atom. The van der Waals surface area contributed by atoms with E-state index in [-0.39, 0.29) is 24.5 Å². The fourth-order valence-corrected chi connectivity index (χ4v) is 4.67. The van der Waals surface area contributed by atoms with Gasteiger partial charge in [0.25, 0.3) is 0 Å². The minimum absolute atomic E-state index is 0.187. The Morgan fingerprint density at radius 1 is 1.12 bits per heavy atom. The van der Waals surface area contributed by atoms with Gasteiger partial charge in [0.05, 0.1) is 30.7 Å². The fourth-order valence-electron chi connectivity index (χ4n) is 4.67. The number of carbonyl (C=O) groups excluding carboxylic acids is 3. The second-order valence-corrected chi connectivity index (χ2v) is 8.39. The predicted molar refractivity (Wildman–Crippen MR) is 124 cm³/mol. The zero-order valence-electron chi connectivity index (χ0n) is 20.1. The van der Waals surface area contributed by atoms with Crippen LogP contribution in [0.15, 0.2) is 35.5 Å². The SMILES string of the molecule is CCOC(=O)C1=C(CN2CCC[C@H](C(=O)OCC)C2)N(CC)C(=O)N[C@@H]1c1ccccc1C. The molecular weight excluding hydrogens is 422 g/mol. The summed E-state index contributed by atoms with van der Waals surface area (Å²) in [5.41, 5.74) is 2.93. The molecule has 2 aliphatic heterocycles. The summed E-state index contributed by atoms with van der Waals surface area (Å²) in [7, 11) is 0. The molecule has 1 fully saturated rings. The fraction of sp³-hybridized carbons (Fsp3) is 0.560. The number of likely N-dealkylation sites (N-methyl/N-ethyl adjacent to an activating group) is 1. The molecule has 180 valence electrons. The van der Waals surface area contributed by atoms with E-state index in [1.165, 1.54) is 0 Å². The number of urea groups is 1. The number of hydrogen-bond donors (Lipinski definition) is 1. The third kappa shape index (κ3) is 5.55. The molecule has 0 radical (unpaired) electrons. The number of nitrogens with zero attached hydrogens (tertiary/aromatic N) is 2. The lowest BCUT2D eigenvalue weighted by Crippen LogP contribution is -2.52. The second-order valence-electron chi connectivity index (χ2n) is 8.39. The lowest BCUT2D eigenvalue weighted by Gasteiger charge is -2.40. The Labute approximate surface area is 195 Å². The Bertz CT molecular complexity index is 913. The zero-order valence-corrected chi connectivity index (χ0v) is 20.1. The molecular formula is C25H35N3O5. The van der Waals surface area contributed by atoms with E-state index in [9.17, 15) is 14.4 Å². The maximum Gasteiger partial charge on any atom is 0.338 e. The van der Waals surface area contributed by atoms with Crippen LogP contribution < -0.4 is 5.32 Å². The van der Waals surface area contributed by atoms with Gasteiger partial charge in [-0.05, 0) is 58.2 Å². The standard InChI is InChI=1S/C25H35N3O5/c1-5-28-20(16-27-14-10-12-18(15-27)23(29)32-6-2)21(24(30)33-7-3)22(26-25(28)31)19-13-9-8-11-17(19)4/h8-9,11,13,18,22H,5-7,10,12,14-16H2,1-4H3,(H,26,31)/t18-,22+/m0/s1. The van der Waals surface area contributed by atoms with Gasteiger partial charge < -0.3 is 14.8 Å². The van der Waals surface area contributed by atoms with Gasteiger partial charge in [-0.15, -0.1) is 0 Å². The summed E-state index contributed by atoms with van der Waals surface area (Å²) in [6.45, 7) is 10.1. The molecule has 0 aromatic heterocycles. The quantitative estimate of drug-likeness (QED) is 0.604. The van der Waals surface area contributed by atoms with Crippen molar-refractivity contribution in [1.82, 2.24) is 15.1 Å². The van der Waals surface area contributed by atoms with Gasteiger partial charge in [-0.2, -0.15) is 0 Å². The van der Waals surface area contributed by atoms with Crippen molar-refractivity contribution in [3.8, 4) is 0 Å². The molecule has 0 spiro atoms. The molecule has 2 amide bonds. The molecule has 2 heterocycles. The first-order valence-electron chi connectivity index (χ1n) is 11.8. The first kappa shape index (κ1) is 24.8. The van der Waals surface area contributed by atoms with Gasteiger partial charge >= 0.3 is 18.0 Å². The number of nitrogens with one attached hydrogen (secondary N) is 1. The van der Waals surface area contributed by atoms with Crippen LogP contribution in [-0.2, 0) is 19.1 Å². The van der Waals surface area contributed by atoms with Crippen molar-refractivity contribution < 1.29 is 23.9 Å². The summed E-state index contributed by atoms with van der Waals surface area (Å²) < 4.78 is 10.7. The maximum atomic E-state index is 13.2. The number of aryl methyl sites for hydroxylation is 1. The average molecular weight is 458 g/mol. The molecule has 0 saturated carbocycles. The molecule has 1 saturated heterocycles. The van der Waals surface area contributed by atoms with Crippen LogP contribution in [0, 0.1) is 12.8 Å². The molecule has 8 nitrogen and oxygen atoms in total. The van der Waals surface area contributed by atoms with Crippen molar-refractivity contribution in [2.24, 2.45) is 5.92 Å². The number of rotatable bonds is 8. The summed E-state index contributed by atoms with van der Waals surface area (Å²) in [5.74, 6) is -0.823. The lowest BCUT2D eigenvalue weighted by molar-refractivity contribution is -0.150. The van der Waals surface area contributed by atoms with E-state index in [1.54, 1.807) is 18.7 Å². The van der Waals surface area contributed by atoms with Crippen LogP contribution in [-0.4, -0.2) is 67.2 Å². The Hall–Kier alpha value is -2.87. The van der Waals surface area contributed by atoms with E-state index in [2.05, 4.69) is 10.2 Å². The maximum absolute atomic E-state index is 13.2.